The fourth-order valence-corrected chi connectivity index (χ4v) is 7.29. The van der Waals surface area contributed by atoms with E-state index in [-0.39, 0.29) is 0 Å². The van der Waals surface area contributed by atoms with Gasteiger partial charge in [0.15, 0.2) is 17.5 Å². The molecule has 0 radical (unpaired) electrons. The fraction of sp³-hybridized carbons (Fsp3) is 0. The molecular weight excluding hydrogens is 613 g/mol. The van der Waals surface area contributed by atoms with E-state index in [2.05, 4.69) is 102 Å². The zero-order chi connectivity index (χ0) is 33.0. The lowest BCUT2D eigenvalue weighted by atomic mass is 9.97. The van der Waals surface area contributed by atoms with Crippen molar-refractivity contribution in [1.82, 2.24) is 19.5 Å². The van der Waals surface area contributed by atoms with Gasteiger partial charge in [-0.2, -0.15) is 0 Å². The fourth-order valence-electron chi connectivity index (χ4n) is 7.29. The summed E-state index contributed by atoms with van der Waals surface area (Å²) in [6.45, 7) is 0. The van der Waals surface area contributed by atoms with Gasteiger partial charge in [-0.05, 0) is 35.9 Å². The topological polar surface area (TPSA) is 56.7 Å². The molecule has 0 N–H and O–H groups in total. The Bertz CT molecular complexity index is 2810. The zero-order valence-electron chi connectivity index (χ0n) is 26.9. The SMILES string of the molecule is c1ccc(-c2nc(-c3ccccc3)nc(-c3cccc4c3c3ccccc3n4-c3ccccc3-c3cccc4oc5ccccc5c34)n2)cc1. The van der Waals surface area contributed by atoms with Crippen molar-refractivity contribution in [3.63, 3.8) is 0 Å². The van der Waals surface area contributed by atoms with Gasteiger partial charge >= 0.3 is 0 Å². The quantitative estimate of drug-likeness (QED) is 0.188. The highest BCUT2D eigenvalue weighted by molar-refractivity contribution is 6.17. The second kappa shape index (κ2) is 11.4. The molecule has 234 valence electrons. The van der Waals surface area contributed by atoms with Gasteiger partial charge in [-0.25, -0.2) is 15.0 Å². The first-order valence-electron chi connectivity index (χ1n) is 16.7. The van der Waals surface area contributed by atoms with Crippen molar-refractivity contribution in [3.05, 3.63) is 170 Å². The van der Waals surface area contributed by atoms with Crippen LogP contribution < -0.4 is 0 Å². The standard InChI is InChI=1S/C45H28N4O/c1-3-15-29(16-4-1)43-46-44(30-17-5-2-6-18-30)48-45(47-43)35-23-13-26-38-41(35)33-20-8-11-25-37(33)49(38)36-24-10-7-19-31(36)32-22-14-28-40-42(32)34-21-9-12-27-39(34)50-40/h1-28H. The van der Waals surface area contributed by atoms with Crippen LogP contribution in [0.2, 0.25) is 0 Å². The van der Waals surface area contributed by atoms with Crippen molar-refractivity contribution >= 4 is 43.7 Å². The molecule has 0 fully saturated rings. The Kier molecular flexibility index (Phi) is 6.42. The summed E-state index contributed by atoms with van der Waals surface area (Å²) < 4.78 is 8.68. The molecule has 0 unspecified atom stereocenters. The van der Waals surface area contributed by atoms with Crippen molar-refractivity contribution in [2.75, 3.05) is 0 Å². The number of nitrogens with zero attached hydrogens (tertiary/aromatic N) is 4. The van der Waals surface area contributed by atoms with Crippen LogP contribution in [-0.2, 0) is 0 Å². The van der Waals surface area contributed by atoms with E-state index in [4.69, 9.17) is 19.4 Å². The smallest absolute Gasteiger partial charge is 0.164 e. The molecule has 0 aliphatic rings. The van der Waals surface area contributed by atoms with Gasteiger partial charge in [0.2, 0.25) is 0 Å². The third kappa shape index (κ3) is 4.45. The summed E-state index contributed by atoms with van der Waals surface area (Å²) in [5.74, 6) is 1.91. The number of furan rings is 1. The number of hydrogen-bond donors (Lipinski definition) is 0. The number of para-hydroxylation sites is 3. The summed E-state index contributed by atoms with van der Waals surface area (Å²) in [5, 5.41) is 4.44. The van der Waals surface area contributed by atoms with Crippen molar-refractivity contribution in [2.45, 2.75) is 0 Å². The Hall–Kier alpha value is -6.85. The highest BCUT2D eigenvalue weighted by Crippen LogP contribution is 2.43. The van der Waals surface area contributed by atoms with Crippen LogP contribution in [-0.4, -0.2) is 19.5 Å². The van der Waals surface area contributed by atoms with Crippen LogP contribution >= 0.6 is 0 Å². The molecule has 10 rings (SSSR count). The van der Waals surface area contributed by atoms with E-state index in [0.29, 0.717) is 17.5 Å². The Balaban J connectivity index is 1.25. The van der Waals surface area contributed by atoms with Crippen LogP contribution in [0.15, 0.2) is 174 Å². The minimum Gasteiger partial charge on any atom is -0.456 e. The molecule has 50 heavy (non-hydrogen) atoms. The molecule has 0 bridgehead atoms. The second-order valence-corrected chi connectivity index (χ2v) is 12.4. The van der Waals surface area contributed by atoms with E-state index in [1.165, 1.54) is 0 Å². The van der Waals surface area contributed by atoms with Crippen molar-refractivity contribution in [3.8, 4) is 51.0 Å². The molecule has 0 saturated carbocycles. The molecule has 0 saturated heterocycles. The lowest BCUT2D eigenvalue weighted by Gasteiger charge is -2.15. The molecule has 0 atom stereocenters. The summed E-state index contributed by atoms with van der Waals surface area (Å²) in [5.41, 5.74) is 10.1. The van der Waals surface area contributed by atoms with E-state index in [0.717, 1.165) is 77.2 Å². The predicted molar refractivity (Wildman–Crippen MR) is 203 cm³/mol. The monoisotopic (exact) mass is 640 g/mol. The lowest BCUT2D eigenvalue weighted by molar-refractivity contribution is 0.669. The molecule has 10 aromatic rings. The van der Waals surface area contributed by atoms with Crippen LogP contribution in [0.4, 0.5) is 0 Å². The van der Waals surface area contributed by atoms with E-state index >= 15 is 0 Å². The first kappa shape index (κ1) is 28.2. The highest BCUT2D eigenvalue weighted by Gasteiger charge is 2.22. The Labute approximate surface area is 287 Å². The van der Waals surface area contributed by atoms with Gasteiger partial charge in [0, 0.05) is 43.8 Å². The third-order valence-electron chi connectivity index (χ3n) is 9.48. The Morgan fingerprint density at radius 3 is 1.68 bits per heavy atom. The first-order chi connectivity index (χ1) is 24.8. The van der Waals surface area contributed by atoms with E-state index < -0.39 is 0 Å². The lowest BCUT2D eigenvalue weighted by Crippen LogP contribution is -2.00. The number of aromatic nitrogens is 4. The molecule has 0 amide bonds. The highest BCUT2D eigenvalue weighted by atomic mass is 16.3. The van der Waals surface area contributed by atoms with Gasteiger partial charge in [0.05, 0.1) is 16.7 Å². The minimum atomic E-state index is 0.633. The zero-order valence-corrected chi connectivity index (χ0v) is 26.9. The maximum absolute atomic E-state index is 6.31. The van der Waals surface area contributed by atoms with Gasteiger partial charge in [-0.1, -0.05) is 140 Å². The molecule has 5 nitrogen and oxygen atoms in total. The van der Waals surface area contributed by atoms with E-state index in [9.17, 15) is 0 Å². The summed E-state index contributed by atoms with van der Waals surface area (Å²) in [4.78, 5) is 15.2. The Morgan fingerprint density at radius 2 is 0.900 bits per heavy atom. The first-order valence-corrected chi connectivity index (χ1v) is 16.7. The molecule has 3 heterocycles. The van der Waals surface area contributed by atoms with Crippen LogP contribution in [0, 0.1) is 0 Å². The second-order valence-electron chi connectivity index (χ2n) is 12.4. The van der Waals surface area contributed by atoms with Crippen molar-refractivity contribution in [1.29, 1.82) is 0 Å². The van der Waals surface area contributed by atoms with Gasteiger partial charge in [-0.3, -0.25) is 0 Å². The van der Waals surface area contributed by atoms with Crippen LogP contribution in [0.5, 0.6) is 0 Å². The molecule has 0 aliphatic carbocycles. The average Bonchev–Trinajstić information content (AvgIpc) is 3.74. The third-order valence-corrected chi connectivity index (χ3v) is 9.48. The maximum Gasteiger partial charge on any atom is 0.164 e. The van der Waals surface area contributed by atoms with Crippen LogP contribution in [0.25, 0.3) is 94.7 Å². The molecule has 7 aromatic carbocycles. The molecular formula is C45H28N4O. The minimum absolute atomic E-state index is 0.633. The molecule has 0 spiro atoms. The molecule has 0 aliphatic heterocycles. The average molecular weight is 641 g/mol. The van der Waals surface area contributed by atoms with E-state index in [1.807, 2.05) is 72.8 Å². The summed E-state index contributed by atoms with van der Waals surface area (Å²) in [7, 11) is 0. The van der Waals surface area contributed by atoms with E-state index in [1.54, 1.807) is 0 Å². The summed E-state index contributed by atoms with van der Waals surface area (Å²) in [6.07, 6.45) is 0. The number of fused-ring (bicyclic) bond motifs is 6. The number of benzene rings is 7. The van der Waals surface area contributed by atoms with Crippen molar-refractivity contribution in [2.24, 2.45) is 0 Å². The predicted octanol–water partition coefficient (Wildman–Crippen LogP) is 11.5. The van der Waals surface area contributed by atoms with Gasteiger partial charge in [-0.15, -0.1) is 0 Å². The summed E-state index contributed by atoms with van der Waals surface area (Å²) in [6, 6.07) is 58.5. The van der Waals surface area contributed by atoms with Crippen LogP contribution in [0.3, 0.4) is 0 Å². The number of hydrogen-bond acceptors (Lipinski definition) is 4. The normalized spacial score (nSPS) is 11.6. The molecule has 3 aromatic heterocycles. The van der Waals surface area contributed by atoms with Crippen molar-refractivity contribution < 1.29 is 4.42 Å². The molecule has 5 heteroatoms. The summed E-state index contributed by atoms with van der Waals surface area (Å²) >= 11 is 0. The van der Waals surface area contributed by atoms with Gasteiger partial charge < -0.3 is 8.98 Å². The van der Waals surface area contributed by atoms with Gasteiger partial charge in [0.25, 0.3) is 0 Å². The van der Waals surface area contributed by atoms with Crippen LogP contribution in [0.1, 0.15) is 0 Å². The largest absolute Gasteiger partial charge is 0.456 e. The number of rotatable bonds is 5. The van der Waals surface area contributed by atoms with Gasteiger partial charge in [0.1, 0.15) is 11.2 Å². The maximum atomic E-state index is 6.31. The Morgan fingerprint density at radius 1 is 0.360 bits per heavy atom.